The number of carbonyl (C=O) groups is 2. The maximum atomic E-state index is 11.7. The van der Waals surface area contributed by atoms with Crippen molar-refractivity contribution in [3.63, 3.8) is 0 Å². The minimum atomic E-state index is -0.937. The monoisotopic (exact) mass is 242 g/mol. The number of aliphatic carboxylic acids is 1. The fourth-order valence-electron chi connectivity index (χ4n) is 2.20. The van der Waals surface area contributed by atoms with E-state index in [2.05, 4.69) is 5.32 Å². The molecule has 2 rings (SSSR count). The van der Waals surface area contributed by atoms with Gasteiger partial charge in [-0.1, -0.05) is 0 Å². The molecule has 2 aliphatic rings. The number of hydrogen-bond acceptors (Lipinski definition) is 4. The van der Waals surface area contributed by atoms with Crippen LogP contribution >= 0.6 is 0 Å². The van der Waals surface area contributed by atoms with Crippen LogP contribution in [0.15, 0.2) is 0 Å². The molecule has 2 unspecified atom stereocenters. The molecule has 1 aliphatic carbocycles. The van der Waals surface area contributed by atoms with Gasteiger partial charge in [0.05, 0.1) is 11.6 Å². The molecule has 0 aromatic carbocycles. The second-order valence-corrected chi connectivity index (χ2v) is 4.88. The molecule has 2 fully saturated rings. The second-order valence-electron chi connectivity index (χ2n) is 4.88. The summed E-state index contributed by atoms with van der Waals surface area (Å²) in [6, 6.07) is 0. The molecule has 2 atom stereocenters. The van der Waals surface area contributed by atoms with Crippen LogP contribution in [-0.4, -0.2) is 41.3 Å². The van der Waals surface area contributed by atoms with Gasteiger partial charge in [0.1, 0.15) is 0 Å². The fourth-order valence-corrected chi connectivity index (χ4v) is 2.20. The predicted octanol–water partition coefficient (Wildman–Crippen LogP) is -0.384. The Morgan fingerprint density at radius 2 is 2.12 bits per heavy atom. The number of nitrogens with one attached hydrogen (secondary N) is 1. The molecule has 1 saturated heterocycles. The Kier molecular flexibility index (Phi) is 3.35. The normalized spacial score (nSPS) is 30.6. The lowest BCUT2D eigenvalue weighted by molar-refractivity contribution is -0.149. The minimum Gasteiger partial charge on any atom is -0.479 e. The summed E-state index contributed by atoms with van der Waals surface area (Å²) in [6.07, 6.45) is 2.67. The van der Waals surface area contributed by atoms with Gasteiger partial charge in [-0.3, -0.25) is 4.79 Å². The first-order valence-electron chi connectivity index (χ1n) is 5.97. The summed E-state index contributed by atoms with van der Waals surface area (Å²) in [5.41, 5.74) is 5.16. The Balaban J connectivity index is 1.72. The van der Waals surface area contributed by atoms with Crippen molar-refractivity contribution in [1.29, 1.82) is 0 Å². The first kappa shape index (κ1) is 12.3. The number of amides is 1. The first-order chi connectivity index (χ1) is 8.01. The van der Waals surface area contributed by atoms with Crippen LogP contribution in [0.2, 0.25) is 0 Å². The van der Waals surface area contributed by atoms with Crippen molar-refractivity contribution in [1.82, 2.24) is 5.32 Å². The molecule has 4 N–H and O–H groups in total. The van der Waals surface area contributed by atoms with E-state index in [4.69, 9.17) is 15.6 Å². The van der Waals surface area contributed by atoms with Gasteiger partial charge in [0, 0.05) is 6.54 Å². The summed E-state index contributed by atoms with van der Waals surface area (Å²) < 4.78 is 5.28. The summed E-state index contributed by atoms with van der Waals surface area (Å²) in [4.78, 5) is 22.4. The highest BCUT2D eigenvalue weighted by atomic mass is 16.5. The van der Waals surface area contributed by atoms with Gasteiger partial charge in [-0.25, -0.2) is 4.79 Å². The van der Waals surface area contributed by atoms with E-state index in [9.17, 15) is 9.59 Å². The van der Waals surface area contributed by atoms with E-state index in [1.807, 2.05) is 0 Å². The summed E-state index contributed by atoms with van der Waals surface area (Å²) in [5.74, 6) is -1.08. The summed E-state index contributed by atoms with van der Waals surface area (Å²) in [7, 11) is 0. The lowest BCUT2D eigenvalue weighted by atomic mass is 9.77. The summed E-state index contributed by atoms with van der Waals surface area (Å²) in [6.45, 7) is 0.349. The van der Waals surface area contributed by atoms with Crippen LogP contribution in [0.1, 0.15) is 32.1 Å². The van der Waals surface area contributed by atoms with E-state index in [0.717, 1.165) is 19.3 Å². The molecule has 0 bridgehead atoms. The number of rotatable bonds is 4. The molecule has 1 aliphatic heterocycles. The van der Waals surface area contributed by atoms with Gasteiger partial charge in [0.2, 0.25) is 5.91 Å². The molecule has 6 heteroatoms. The lowest BCUT2D eigenvalue weighted by Crippen LogP contribution is -2.59. The van der Waals surface area contributed by atoms with Gasteiger partial charge >= 0.3 is 5.97 Å². The molecule has 1 heterocycles. The smallest absolute Gasteiger partial charge is 0.332 e. The molecule has 0 radical (unpaired) electrons. The van der Waals surface area contributed by atoms with Crippen molar-refractivity contribution in [3.8, 4) is 0 Å². The van der Waals surface area contributed by atoms with Crippen molar-refractivity contribution >= 4 is 11.9 Å². The summed E-state index contributed by atoms with van der Waals surface area (Å²) >= 11 is 0. The molecule has 0 aromatic rings. The Bertz CT molecular complexity index is 327. The topological polar surface area (TPSA) is 102 Å². The van der Waals surface area contributed by atoms with E-state index in [1.54, 1.807) is 0 Å². The van der Waals surface area contributed by atoms with Crippen LogP contribution in [0, 0.1) is 0 Å². The Hall–Kier alpha value is -1.14. The quantitative estimate of drug-likeness (QED) is 0.623. The molecule has 0 aromatic heterocycles. The Morgan fingerprint density at radius 1 is 1.41 bits per heavy atom. The molecule has 0 spiro atoms. The highest BCUT2D eigenvalue weighted by Crippen LogP contribution is 2.29. The van der Waals surface area contributed by atoms with Crippen LogP contribution in [0.4, 0.5) is 0 Å². The minimum absolute atomic E-state index is 0.147. The van der Waals surface area contributed by atoms with Gasteiger partial charge in [0.25, 0.3) is 0 Å². The van der Waals surface area contributed by atoms with Crippen LogP contribution in [-0.2, 0) is 14.3 Å². The van der Waals surface area contributed by atoms with Gasteiger partial charge in [-0.2, -0.15) is 0 Å². The van der Waals surface area contributed by atoms with Crippen molar-refractivity contribution in [2.45, 2.75) is 49.9 Å². The zero-order valence-corrected chi connectivity index (χ0v) is 9.65. The van der Waals surface area contributed by atoms with E-state index in [1.165, 1.54) is 0 Å². The Morgan fingerprint density at radius 3 is 2.59 bits per heavy atom. The number of carboxylic acids is 1. The van der Waals surface area contributed by atoms with Crippen LogP contribution in [0.3, 0.4) is 0 Å². The van der Waals surface area contributed by atoms with Crippen LogP contribution < -0.4 is 11.1 Å². The highest BCUT2D eigenvalue weighted by Gasteiger charge is 2.40. The maximum Gasteiger partial charge on any atom is 0.332 e. The number of ether oxygens (including phenoxy) is 1. The second kappa shape index (κ2) is 4.62. The predicted molar refractivity (Wildman–Crippen MR) is 59.3 cm³/mol. The van der Waals surface area contributed by atoms with Crippen LogP contribution in [0.25, 0.3) is 0 Å². The van der Waals surface area contributed by atoms with Gasteiger partial charge in [-0.05, 0) is 32.1 Å². The SMILES string of the molecule is NC1(C(=O)NCC2CCC(C(=O)O)O2)CCC1. The molecule has 1 amide bonds. The first-order valence-corrected chi connectivity index (χ1v) is 5.97. The number of nitrogens with two attached hydrogens (primary N) is 1. The molecule has 17 heavy (non-hydrogen) atoms. The molecular formula is C11H18N2O4. The Labute approximate surface area is 99.5 Å². The van der Waals surface area contributed by atoms with Crippen molar-refractivity contribution in [2.24, 2.45) is 5.73 Å². The van der Waals surface area contributed by atoms with E-state index >= 15 is 0 Å². The van der Waals surface area contributed by atoms with E-state index in [-0.39, 0.29) is 12.0 Å². The zero-order chi connectivity index (χ0) is 12.5. The zero-order valence-electron chi connectivity index (χ0n) is 9.65. The molecule has 6 nitrogen and oxygen atoms in total. The number of carboxylic acid groups (broad SMARTS) is 1. The number of hydrogen-bond donors (Lipinski definition) is 3. The fraction of sp³-hybridized carbons (Fsp3) is 0.818. The third kappa shape index (κ3) is 2.58. The van der Waals surface area contributed by atoms with Gasteiger partial charge in [0.15, 0.2) is 6.10 Å². The van der Waals surface area contributed by atoms with E-state index in [0.29, 0.717) is 19.4 Å². The average Bonchev–Trinajstić information content (AvgIpc) is 2.71. The van der Waals surface area contributed by atoms with Gasteiger partial charge < -0.3 is 20.9 Å². The number of carbonyl (C=O) groups excluding carboxylic acids is 1. The van der Waals surface area contributed by atoms with Gasteiger partial charge in [-0.15, -0.1) is 0 Å². The molecule has 96 valence electrons. The van der Waals surface area contributed by atoms with Crippen molar-refractivity contribution < 1.29 is 19.4 Å². The van der Waals surface area contributed by atoms with Crippen molar-refractivity contribution in [3.05, 3.63) is 0 Å². The third-order valence-electron chi connectivity index (χ3n) is 3.57. The maximum absolute atomic E-state index is 11.7. The standard InChI is InChI=1S/C11H18N2O4/c12-11(4-1-5-11)10(16)13-6-7-2-3-8(17-7)9(14)15/h7-8H,1-6,12H2,(H,13,16)(H,14,15). The molecular weight excluding hydrogens is 224 g/mol. The largest absolute Gasteiger partial charge is 0.479 e. The third-order valence-corrected chi connectivity index (χ3v) is 3.57. The molecule has 1 saturated carbocycles. The van der Waals surface area contributed by atoms with E-state index < -0.39 is 17.6 Å². The lowest BCUT2D eigenvalue weighted by Gasteiger charge is -2.36. The highest BCUT2D eigenvalue weighted by molar-refractivity contribution is 5.87. The average molecular weight is 242 g/mol. The van der Waals surface area contributed by atoms with Crippen molar-refractivity contribution in [2.75, 3.05) is 6.54 Å². The van der Waals surface area contributed by atoms with Crippen LogP contribution in [0.5, 0.6) is 0 Å². The summed E-state index contributed by atoms with van der Waals surface area (Å²) in [5, 5.41) is 11.5.